The van der Waals surface area contributed by atoms with Crippen LogP contribution in [0.3, 0.4) is 0 Å². The first kappa shape index (κ1) is 14.2. The van der Waals surface area contributed by atoms with Crippen LogP contribution in [0.15, 0.2) is 24.5 Å². The monoisotopic (exact) mass is 284 g/mol. The lowest BCUT2D eigenvalue weighted by Gasteiger charge is -2.06. The molecule has 1 aromatic carbocycles. The topological polar surface area (TPSA) is 91.7 Å². The van der Waals surface area contributed by atoms with Crippen molar-refractivity contribution in [3.63, 3.8) is 0 Å². The van der Waals surface area contributed by atoms with Crippen LogP contribution in [0.1, 0.15) is 27.3 Å². The molecule has 0 atom stereocenters. The number of carbonyl (C=O) groups is 1. The molecule has 1 heterocycles. The maximum absolute atomic E-state index is 13.8. The summed E-state index contributed by atoms with van der Waals surface area (Å²) in [5.74, 6) is -1.47. The second kappa shape index (κ2) is 5.85. The molecule has 0 unspecified atom stereocenters. The number of aromatic nitrogens is 2. The number of carbonyl (C=O) groups excluding carboxylic acids is 1. The van der Waals surface area contributed by atoms with E-state index < -0.39 is 11.8 Å². The van der Waals surface area contributed by atoms with Crippen molar-refractivity contribution in [2.75, 3.05) is 7.11 Å². The Labute approximate surface area is 119 Å². The average Bonchev–Trinajstić information content (AvgIpc) is 2.88. The number of methoxy groups -OCH3 is 1. The summed E-state index contributed by atoms with van der Waals surface area (Å²) >= 11 is 0. The Kier molecular flexibility index (Phi) is 3.96. The molecule has 2 rings (SSSR count). The van der Waals surface area contributed by atoms with E-state index in [-0.39, 0.29) is 23.5 Å². The minimum Gasteiger partial charge on any atom is -0.465 e. The summed E-state index contributed by atoms with van der Waals surface area (Å²) in [5.41, 5.74) is 0.489. The number of esters is 1. The minimum atomic E-state index is -0.758. The average molecular weight is 284 g/mol. The quantitative estimate of drug-likeness (QED) is 0.798. The van der Waals surface area contributed by atoms with Gasteiger partial charge in [-0.2, -0.15) is 10.5 Å². The molecule has 2 aromatic rings. The number of nitrogens with zero attached hydrogens (tertiary/aromatic N) is 4. The fraction of sp³-hybridized carbons (Fsp3) is 0.143. The summed E-state index contributed by atoms with van der Waals surface area (Å²) < 4.78 is 19.7. The van der Waals surface area contributed by atoms with Gasteiger partial charge in [-0.15, -0.1) is 0 Å². The SMILES string of the molecule is COC(=O)c1ccc(Cn2cnc(C#N)c2C#N)cc1F. The summed E-state index contributed by atoms with van der Waals surface area (Å²) in [6, 6.07) is 7.72. The van der Waals surface area contributed by atoms with Gasteiger partial charge in [-0.3, -0.25) is 0 Å². The van der Waals surface area contributed by atoms with Crippen molar-refractivity contribution in [1.82, 2.24) is 9.55 Å². The molecule has 0 aliphatic rings. The molecule has 21 heavy (non-hydrogen) atoms. The third-order valence-electron chi connectivity index (χ3n) is 2.84. The number of halogens is 1. The van der Waals surface area contributed by atoms with Crippen LogP contribution in [-0.4, -0.2) is 22.6 Å². The zero-order valence-corrected chi connectivity index (χ0v) is 11.0. The van der Waals surface area contributed by atoms with Crippen LogP contribution in [0.5, 0.6) is 0 Å². The summed E-state index contributed by atoms with van der Waals surface area (Å²) in [6.45, 7) is 0.163. The Balaban J connectivity index is 2.32. The molecule has 0 saturated carbocycles. The molecule has 0 bridgehead atoms. The van der Waals surface area contributed by atoms with Crippen molar-refractivity contribution in [3.8, 4) is 12.1 Å². The zero-order chi connectivity index (χ0) is 15.4. The van der Waals surface area contributed by atoms with Crippen LogP contribution >= 0.6 is 0 Å². The number of hydrogen-bond donors (Lipinski definition) is 0. The minimum absolute atomic E-state index is 0.0177. The Morgan fingerprint density at radius 3 is 2.76 bits per heavy atom. The summed E-state index contributed by atoms with van der Waals surface area (Å²) in [6.07, 6.45) is 1.34. The third kappa shape index (κ3) is 2.72. The molecular formula is C14H9FN4O2. The van der Waals surface area contributed by atoms with Gasteiger partial charge in [0.05, 0.1) is 19.0 Å². The Morgan fingerprint density at radius 2 is 2.19 bits per heavy atom. The maximum atomic E-state index is 13.8. The Hall–Kier alpha value is -3.19. The summed E-state index contributed by atoms with van der Waals surface area (Å²) in [7, 11) is 1.17. The van der Waals surface area contributed by atoms with Gasteiger partial charge < -0.3 is 9.30 Å². The third-order valence-corrected chi connectivity index (χ3v) is 2.84. The molecule has 0 spiro atoms. The van der Waals surface area contributed by atoms with Gasteiger partial charge in [-0.05, 0) is 17.7 Å². The molecule has 0 fully saturated rings. The zero-order valence-electron chi connectivity index (χ0n) is 11.0. The van der Waals surface area contributed by atoms with Gasteiger partial charge in [0.2, 0.25) is 0 Å². The van der Waals surface area contributed by atoms with Crippen LogP contribution in [0.25, 0.3) is 0 Å². The molecule has 7 heteroatoms. The first-order valence-corrected chi connectivity index (χ1v) is 5.82. The normalized spacial score (nSPS) is 9.71. The number of nitriles is 2. The lowest BCUT2D eigenvalue weighted by molar-refractivity contribution is 0.0595. The van der Waals surface area contributed by atoms with Crippen LogP contribution in [-0.2, 0) is 11.3 Å². The van der Waals surface area contributed by atoms with Crippen molar-refractivity contribution < 1.29 is 13.9 Å². The van der Waals surface area contributed by atoms with Crippen LogP contribution in [0, 0.1) is 28.5 Å². The van der Waals surface area contributed by atoms with Crippen molar-refractivity contribution in [2.24, 2.45) is 0 Å². The molecule has 0 saturated heterocycles. The molecule has 104 valence electrons. The molecule has 0 amide bonds. The van der Waals surface area contributed by atoms with Gasteiger partial charge in [0.15, 0.2) is 11.4 Å². The van der Waals surface area contributed by atoms with Crippen molar-refractivity contribution in [3.05, 3.63) is 52.9 Å². The number of hydrogen-bond acceptors (Lipinski definition) is 5. The van der Waals surface area contributed by atoms with E-state index in [1.54, 1.807) is 12.1 Å². The van der Waals surface area contributed by atoms with Gasteiger partial charge in [-0.1, -0.05) is 6.07 Å². The van der Waals surface area contributed by atoms with Crippen LogP contribution in [0.4, 0.5) is 4.39 Å². The lowest BCUT2D eigenvalue weighted by Crippen LogP contribution is -2.07. The van der Waals surface area contributed by atoms with E-state index in [0.717, 1.165) is 0 Å². The predicted molar refractivity (Wildman–Crippen MR) is 68.5 cm³/mol. The number of rotatable bonds is 3. The maximum Gasteiger partial charge on any atom is 0.340 e. The van der Waals surface area contributed by atoms with Gasteiger partial charge >= 0.3 is 5.97 Å². The van der Waals surface area contributed by atoms with Crippen LogP contribution < -0.4 is 0 Å². The van der Waals surface area contributed by atoms with E-state index in [2.05, 4.69) is 9.72 Å². The first-order valence-electron chi connectivity index (χ1n) is 5.82. The summed E-state index contributed by atoms with van der Waals surface area (Å²) in [5, 5.41) is 17.8. The number of ether oxygens (including phenoxy) is 1. The van der Waals surface area contributed by atoms with Crippen molar-refractivity contribution in [2.45, 2.75) is 6.54 Å². The van der Waals surface area contributed by atoms with E-state index in [9.17, 15) is 9.18 Å². The predicted octanol–water partition coefficient (Wildman–Crippen LogP) is 1.60. The number of benzene rings is 1. The Morgan fingerprint density at radius 1 is 1.43 bits per heavy atom. The van der Waals surface area contributed by atoms with E-state index in [4.69, 9.17) is 10.5 Å². The molecular weight excluding hydrogens is 275 g/mol. The molecule has 0 aliphatic heterocycles. The smallest absolute Gasteiger partial charge is 0.340 e. The second-order valence-corrected chi connectivity index (χ2v) is 4.10. The van der Waals surface area contributed by atoms with Gasteiger partial charge in [0.25, 0.3) is 0 Å². The molecule has 0 radical (unpaired) electrons. The molecule has 0 N–H and O–H groups in total. The van der Waals surface area contributed by atoms with E-state index >= 15 is 0 Å². The van der Waals surface area contributed by atoms with Crippen LogP contribution in [0.2, 0.25) is 0 Å². The van der Waals surface area contributed by atoms with E-state index in [1.807, 2.05) is 6.07 Å². The van der Waals surface area contributed by atoms with Gasteiger partial charge in [0, 0.05) is 6.54 Å². The highest BCUT2D eigenvalue weighted by atomic mass is 19.1. The highest BCUT2D eigenvalue weighted by Crippen LogP contribution is 2.14. The highest BCUT2D eigenvalue weighted by molar-refractivity contribution is 5.89. The first-order chi connectivity index (χ1) is 10.1. The summed E-state index contributed by atoms with van der Waals surface area (Å²) in [4.78, 5) is 15.1. The van der Waals surface area contributed by atoms with E-state index in [0.29, 0.717) is 5.56 Å². The van der Waals surface area contributed by atoms with Gasteiger partial charge in [-0.25, -0.2) is 14.2 Å². The van der Waals surface area contributed by atoms with Gasteiger partial charge in [0.1, 0.15) is 18.0 Å². The standard InChI is InChI=1S/C14H9FN4O2/c1-21-14(20)10-3-2-9(4-11(10)15)7-19-8-18-12(5-16)13(19)6-17/h2-4,8H,7H2,1H3. The largest absolute Gasteiger partial charge is 0.465 e. The molecule has 0 aliphatic carbocycles. The number of imidazole rings is 1. The molecule has 1 aromatic heterocycles. The van der Waals surface area contributed by atoms with E-state index in [1.165, 1.54) is 30.1 Å². The second-order valence-electron chi connectivity index (χ2n) is 4.10. The fourth-order valence-corrected chi connectivity index (χ4v) is 1.83. The Bertz CT molecular complexity index is 783. The molecule has 6 nitrogen and oxygen atoms in total. The van der Waals surface area contributed by atoms with Crippen molar-refractivity contribution >= 4 is 5.97 Å². The van der Waals surface area contributed by atoms with Crippen molar-refractivity contribution in [1.29, 1.82) is 10.5 Å². The fourth-order valence-electron chi connectivity index (χ4n) is 1.83. The lowest BCUT2D eigenvalue weighted by atomic mass is 10.1. The highest BCUT2D eigenvalue weighted by Gasteiger charge is 2.14.